The van der Waals surface area contributed by atoms with Gasteiger partial charge in [0, 0.05) is 38.4 Å². The van der Waals surface area contributed by atoms with Crippen molar-refractivity contribution in [3.8, 4) is 5.75 Å². The zero-order valence-corrected chi connectivity index (χ0v) is 12.6. The van der Waals surface area contributed by atoms with E-state index in [1.807, 2.05) is 19.4 Å². The molecule has 5 nitrogen and oxygen atoms in total. The minimum atomic E-state index is -0.864. The molecule has 0 saturated carbocycles. The highest BCUT2D eigenvalue weighted by atomic mass is 19.1. The first kappa shape index (κ1) is 15.0. The molecule has 0 spiro atoms. The van der Waals surface area contributed by atoms with Gasteiger partial charge in [-0.15, -0.1) is 0 Å². The van der Waals surface area contributed by atoms with Crippen LogP contribution in [-0.4, -0.2) is 45.1 Å². The first-order valence-corrected chi connectivity index (χ1v) is 7.33. The average molecular weight is 305 g/mol. The van der Waals surface area contributed by atoms with Crippen molar-refractivity contribution < 1.29 is 14.2 Å². The van der Waals surface area contributed by atoms with E-state index < -0.39 is 5.60 Å². The number of halogens is 1. The summed E-state index contributed by atoms with van der Waals surface area (Å²) in [4.78, 5) is 2.19. The van der Waals surface area contributed by atoms with Crippen LogP contribution in [0.5, 0.6) is 5.75 Å². The highest BCUT2D eigenvalue weighted by Gasteiger charge is 2.36. The molecule has 0 aliphatic carbocycles. The van der Waals surface area contributed by atoms with Crippen molar-refractivity contribution >= 4 is 0 Å². The Morgan fingerprint density at radius 2 is 2.14 bits per heavy atom. The Balaban J connectivity index is 1.52. The minimum absolute atomic E-state index is 0.210. The molecule has 1 aliphatic rings. The maximum Gasteiger partial charge on any atom is 0.123 e. The average Bonchev–Trinajstić information content (AvgIpc) is 3.06. The van der Waals surface area contributed by atoms with Gasteiger partial charge in [-0.25, -0.2) is 4.39 Å². The Morgan fingerprint density at radius 3 is 2.82 bits per heavy atom. The lowest BCUT2D eigenvalue weighted by Gasteiger charge is -2.23. The quantitative estimate of drug-likeness (QED) is 0.911. The largest absolute Gasteiger partial charge is 0.491 e. The summed E-state index contributed by atoms with van der Waals surface area (Å²) in [6.45, 7) is 2.36. The van der Waals surface area contributed by atoms with E-state index in [2.05, 4.69) is 10.00 Å². The van der Waals surface area contributed by atoms with Gasteiger partial charge in [0.1, 0.15) is 23.8 Å². The summed E-state index contributed by atoms with van der Waals surface area (Å²) in [6, 6.07) is 5.84. The van der Waals surface area contributed by atoms with Crippen LogP contribution < -0.4 is 4.74 Å². The van der Waals surface area contributed by atoms with Gasteiger partial charge in [0.15, 0.2) is 0 Å². The van der Waals surface area contributed by atoms with E-state index in [9.17, 15) is 9.50 Å². The SMILES string of the molecule is Cn1cc(CN2CC[C@](O)(COc3ccc(F)cc3)C2)cn1. The number of ether oxygens (including phenoxy) is 1. The second-order valence-electron chi connectivity index (χ2n) is 5.95. The van der Waals surface area contributed by atoms with Crippen molar-refractivity contribution in [3.05, 3.63) is 48.0 Å². The van der Waals surface area contributed by atoms with E-state index in [-0.39, 0.29) is 12.4 Å². The fourth-order valence-electron chi connectivity index (χ4n) is 2.75. The van der Waals surface area contributed by atoms with Crippen molar-refractivity contribution in [2.24, 2.45) is 7.05 Å². The lowest BCUT2D eigenvalue weighted by Crippen LogP contribution is -2.39. The van der Waals surface area contributed by atoms with Crippen molar-refractivity contribution in [3.63, 3.8) is 0 Å². The second kappa shape index (κ2) is 6.06. The number of aliphatic hydroxyl groups is 1. The molecule has 1 aromatic carbocycles. The van der Waals surface area contributed by atoms with E-state index in [0.29, 0.717) is 18.7 Å². The predicted molar refractivity (Wildman–Crippen MR) is 79.9 cm³/mol. The Hall–Kier alpha value is -1.92. The van der Waals surface area contributed by atoms with Crippen LogP contribution in [0.3, 0.4) is 0 Å². The fraction of sp³-hybridized carbons (Fsp3) is 0.438. The van der Waals surface area contributed by atoms with Gasteiger partial charge in [0.05, 0.1) is 6.20 Å². The topological polar surface area (TPSA) is 50.5 Å². The van der Waals surface area contributed by atoms with Gasteiger partial charge in [-0.2, -0.15) is 5.10 Å². The molecule has 1 N–H and O–H groups in total. The Labute approximate surface area is 128 Å². The first-order chi connectivity index (χ1) is 10.5. The zero-order chi connectivity index (χ0) is 15.6. The highest BCUT2D eigenvalue weighted by Crippen LogP contribution is 2.24. The Morgan fingerprint density at radius 1 is 1.36 bits per heavy atom. The number of benzene rings is 1. The molecule has 1 atom stereocenters. The normalized spacial score (nSPS) is 22.1. The summed E-state index contributed by atoms with van der Waals surface area (Å²) in [7, 11) is 1.89. The number of nitrogens with zero attached hydrogens (tertiary/aromatic N) is 3. The molecular formula is C16H20FN3O2. The van der Waals surface area contributed by atoms with Crippen LogP contribution in [0.2, 0.25) is 0 Å². The zero-order valence-electron chi connectivity index (χ0n) is 12.6. The monoisotopic (exact) mass is 305 g/mol. The lowest BCUT2D eigenvalue weighted by atomic mass is 10.1. The van der Waals surface area contributed by atoms with Crippen LogP contribution in [0.1, 0.15) is 12.0 Å². The van der Waals surface area contributed by atoms with Gasteiger partial charge in [0.2, 0.25) is 0 Å². The maximum absolute atomic E-state index is 12.8. The molecule has 2 heterocycles. The smallest absolute Gasteiger partial charge is 0.123 e. The Kier molecular flexibility index (Phi) is 4.13. The van der Waals surface area contributed by atoms with Crippen molar-refractivity contribution in [2.75, 3.05) is 19.7 Å². The van der Waals surface area contributed by atoms with Crippen LogP contribution in [0.25, 0.3) is 0 Å². The number of β-amino-alcohol motifs (C(OH)–C–C–N with tert-alkyl or cyclic N) is 1. The molecule has 3 rings (SSSR count). The number of aryl methyl sites for hydroxylation is 1. The number of rotatable bonds is 5. The number of likely N-dealkylation sites (tertiary alicyclic amines) is 1. The molecule has 0 amide bonds. The number of aromatic nitrogens is 2. The third kappa shape index (κ3) is 3.64. The van der Waals surface area contributed by atoms with Gasteiger partial charge in [0.25, 0.3) is 0 Å². The summed E-state index contributed by atoms with van der Waals surface area (Å²) < 4.78 is 20.2. The molecule has 1 saturated heterocycles. The van der Waals surface area contributed by atoms with Gasteiger partial charge in [-0.05, 0) is 30.7 Å². The summed E-state index contributed by atoms with van der Waals surface area (Å²) in [5.41, 5.74) is 0.266. The van der Waals surface area contributed by atoms with Gasteiger partial charge in [-0.3, -0.25) is 9.58 Å². The van der Waals surface area contributed by atoms with E-state index >= 15 is 0 Å². The van der Waals surface area contributed by atoms with Crippen molar-refractivity contribution in [1.82, 2.24) is 14.7 Å². The van der Waals surface area contributed by atoms with Gasteiger partial charge >= 0.3 is 0 Å². The molecule has 2 aromatic rings. The van der Waals surface area contributed by atoms with Gasteiger partial charge < -0.3 is 9.84 Å². The highest BCUT2D eigenvalue weighted by molar-refractivity contribution is 5.22. The summed E-state index contributed by atoms with van der Waals surface area (Å²) in [5, 5.41) is 14.7. The van der Waals surface area contributed by atoms with Crippen LogP contribution >= 0.6 is 0 Å². The van der Waals surface area contributed by atoms with E-state index in [1.165, 1.54) is 12.1 Å². The molecule has 6 heteroatoms. The minimum Gasteiger partial charge on any atom is -0.491 e. The summed E-state index contributed by atoms with van der Waals surface area (Å²) >= 11 is 0. The summed E-state index contributed by atoms with van der Waals surface area (Å²) in [6.07, 6.45) is 4.48. The van der Waals surface area contributed by atoms with E-state index in [1.54, 1.807) is 16.8 Å². The molecule has 1 fully saturated rings. The third-order valence-corrected chi connectivity index (χ3v) is 3.90. The third-order valence-electron chi connectivity index (χ3n) is 3.90. The van der Waals surface area contributed by atoms with Crippen LogP contribution in [0.4, 0.5) is 4.39 Å². The van der Waals surface area contributed by atoms with Crippen LogP contribution in [0.15, 0.2) is 36.7 Å². The van der Waals surface area contributed by atoms with E-state index in [0.717, 1.165) is 18.7 Å². The fourth-order valence-corrected chi connectivity index (χ4v) is 2.75. The molecule has 1 aliphatic heterocycles. The molecule has 0 unspecified atom stereocenters. The molecular weight excluding hydrogens is 285 g/mol. The molecule has 22 heavy (non-hydrogen) atoms. The first-order valence-electron chi connectivity index (χ1n) is 7.33. The lowest BCUT2D eigenvalue weighted by molar-refractivity contribution is 0.00336. The van der Waals surface area contributed by atoms with Crippen molar-refractivity contribution in [1.29, 1.82) is 0 Å². The standard InChI is InChI=1S/C16H20FN3O2/c1-19-9-13(8-18-19)10-20-7-6-16(21,11-20)12-22-15-4-2-14(17)3-5-15/h2-5,8-9,21H,6-7,10-12H2,1H3/t16-/m1/s1. The number of hydrogen-bond acceptors (Lipinski definition) is 4. The number of hydrogen-bond donors (Lipinski definition) is 1. The predicted octanol–water partition coefficient (Wildman–Crippen LogP) is 1.57. The summed E-state index contributed by atoms with van der Waals surface area (Å²) in [5.74, 6) is 0.273. The molecule has 118 valence electrons. The van der Waals surface area contributed by atoms with E-state index in [4.69, 9.17) is 4.74 Å². The second-order valence-corrected chi connectivity index (χ2v) is 5.95. The Bertz CT molecular complexity index is 629. The van der Waals surface area contributed by atoms with Gasteiger partial charge in [-0.1, -0.05) is 0 Å². The maximum atomic E-state index is 12.8. The molecule has 0 bridgehead atoms. The van der Waals surface area contributed by atoms with Crippen molar-refractivity contribution in [2.45, 2.75) is 18.6 Å². The van der Waals surface area contributed by atoms with Crippen LogP contribution in [-0.2, 0) is 13.6 Å². The van der Waals surface area contributed by atoms with Crippen LogP contribution in [0, 0.1) is 5.82 Å². The molecule has 1 aromatic heterocycles. The molecule has 0 radical (unpaired) electrons.